The Bertz CT molecular complexity index is 1280. The summed E-state index contributed by atoms with van der Waals surface area (Å²) in [7, 11) is 0. The number of ether oxygens (including phenoxy) is 2. The van der Waals surface area contributed by atoms with E-state index in [1.54, 1.807) is 18.2 Å². The van der Waals surface area contributed by atoms with Crippen LogP contribution in [0.2, 0.25) is 0 Å². The maximum Gasteiger partial charge on any atom is 0.363 e. The number of hydrogen-bond acceptors (Lipinski definition) is 6. The molecular weight excluding hydrogens is 657 g/mol. The van der Waals surface area contributed by atoms with Crippen molar-refractivity contribution in [3.8, 4) is 5.75 Å². The number of nitro groups is 1. The lowest BCUT2D eigenvalue weighted by Crippen LogP contribution is -2.05. The minimum Gasteiger partial charge on any atom is -0.487 e. The lowest BCUT2D eigenvalue weighted by Gasteiger charge is -2.11. The average Bonchev–Trinajstić information content (AvgIpc) is 3.14. The van der Waals surface area contributed by atoms with Gasteiger partial charge in [-0.3, -0.25) is 10.1 Å². The SMILES string of the molecule is O=C1OC(c2ccc(F)cc2)=N/C1=C\c1cc(I)c(OCc2ccc([N+](=O)[O-])cc2)c(I)c1. The highest BCUT2D eigenvalue weighted by molar-refractivity contribution is 14.1. The fourth-order valence-corrected chi connectivity index (χ4v) is 5.08. The average molecular weight is 670 g/mol. The molecule has 7 nitrogen and oxygen atoms in total. The first-order chi connectivity index (χ1) is 15.8. The Balaban J connectivity index is 1.51. The third kappa shape index (κ3) is 5.55. The van der Waals surface area contributed by atoms with Crippen LogP contribution < -0.4 is 4.74 Å². The van der Waals surface area contributed by atoms with Gasteiger partial charge in [0.15, 0.2) is 5.70 Å². The quantitative estimate of drug-likeness (QED) is 0.108. The van der Waals surface area contributed by atoms with Crippen LogP contribution in [0.5, 0.6) is 5.75 Å². The molecule has 0 saturated carbocycles. The van der Waals surface area contributed by atoms with Crippen LogP contribution in [0.1, 0.15) is 16.7 Å². The van der Waals surface area contributed by atoms with Gasteiger partial charge < -0.3 is 9.47 Å². The Morgan fingerprint density at radius 1 is 1.06 bits per heavy atom. The first-order valence-electron chi connectivity index (χ1n) is 9.44. The third-order valence-electron chi connectivity index (χ3n) is 4.57. The number of cyclic esters (lactones) is 1. The van der Waals surface area contributed by atoms with E-state index in [1.807, 2.05) is 12.1 Å². The molecule has 3 aromatic carbocycles. The number of carbonyl (C=O) groups is 1. The number of nitro benzene ring substituents is 1. The first kappa shape index (κ1) is 23.3. The van der Waals surface area contributed by atoms with Crippen LogP contribution in [0.4, 0.5) is 10.1 Å². The fourth-order valence-electron chi connectivity index (χ4n) is 2.95. The van der Waals surface area contributed by atoms with E-state index in [1.165, 1.54) is 36.4 Å². The van der Waals surface area contributed by atoms with Crippen molar-refractivity contribution >= 4 is 68.8 Å². The standard InChI is InChI=1S/C23H13FI2N2O5/c24-16-5-3-15(4-6-16)22-27-20(23(29)33-22)11-14-9-18(25)21(19(26)10-14)32-12-13-1-7-17(8-2-13)28(30)31/h1-11H,12H2/b20-11-. The molecule has 0 atom stereocenters. The maximum absolute atomic E-state index is 13.1. The number of nitrogens with zero attached hydrogens (tertiary/aromatic N) is 2. The highest BCUT2D eigenvalue weighted by Crippen LogP contribution is 2.31. The fraction of sp³-hybridized carbons (Fsp3) is 0.0435. The van der Waals surface area contributed by atoms with Gasteiger partial charge in [0.05, 0.1) is 12.1 Å². The van der Waals surface area contributed by atoms with E-state index in [-0.39, 0.29) is 29.7 Å². The highest BCUT2D eigenvalue weighted by Gasteiger charge is 2.24. The number of esters is 1. The molecule has 0 unspecified atom stereocenters. The normalized spacial score (nSPS) is 14.2. The molecule has 0 radical (unpaired) electrons. The second-order valence-electron chi connectivity index (χ2n) is 6.87. The zero-order valence-electron chi connectivity index (χ0n) is 16.6. The Labute approximate surface area is 214 Å². The summed E-state index contributed by atoms with van der Waals surface area (Å²) in [4.78, 5) is 26.8. The van der Waals surface area contributed by atoms with Gasteiger partial charge >= 0.3 is 5.97 Å². The summed E-state index contributed by atoms with van der Waals surface area (Å²) in [6.45, 7) is 0.252. The van der Waals surface area contributed by atoms with Crippen LogP contribution >= 0.6 is 45.2 Å². The van der Waals surface area contributed by atoms with Gasteiger partial charge in [-0.1, -0.05) is 0 Å². The molecule has 0 bridgehead atoms. The zero-order valence-corrected chi connectivity index (χ0v) is 20.9. The molecule has 1 aliphatic heterocycles. The summed E-state index contributed by atoms with van der Waals surface area (Å²) in [5, 5.41) is 10.8. The summed E-state index contributed by atoms with van der Waals surface area (Å²) in [5.41, 5.74) is 2.21. The molecule has 3 aromatic rings. The van der Waals surface area contributed by atoms with E-state index in [9.17, 15) is 19.3 Å². The number of non-ortho nitro benzene ring substituents is 1. The summed E-state index contributed by atoms with van der Waals surface area (Å²) >= 11 is 4.28. The van der Waals surface area contributed by atoms with Crippen LogP contribution in [0, 0.1) is 23.1 Å². The van der Waals surface area contributed by atoms with Gasteiger partial charge in [-0.05, 0) is 111 Å². The van der Waals surface area contributed by atoms with Crippen molar-refractivity contribution in [3.05, 3.63) is 106 Å². The number of aliphatic imine (C=N–C) groups is 1. The highest BCUT2D eigenvalue weighted by atomic mass is 127. The number of rotatable bonds is 6. The van der Waals surface area contributed by atoms with Crippen molar-refractivity contribution in [1.29, 1.82) is 0 Å². The second-order valence-corrected chi connectivity index (χ2v) is 9.19. The van der Waals surface area contributed by atoms with Gasteiger partial charge in [0.25, 0.3) is 5.69 Å². The molecule has 33 heavy (non-hydrogen) atoms. The molecule has 0 aliphatic carbocycles. The van der Waals surface area contributed by atoms with Crippen LogP contribution in [-0.4, -0.2) is 16.8 Å². The Morgan fingerprint density at radius 2 is 1.70 bits per heavy atom. The minimum absolute atomic E-state index is 0.0241. The number of hydrogen-bond donors (Lipinski definition) is 0. The number of benzene rings is 3. The van der Waals surface area contributed by atoms with Crippen molar-refractivity contribution in [2.75, 3.05) is 0 Å². The number of halogens is 3. The van der Waals surface area contributed by atoms with Gasteiger partial charge in [-0.25, -0.2) is 14.2 Å². The Morgan fingerprint density at radius 3 is 2.30 bits per heavy atom. The molecule has 0 amide bonds. The van der Waals surface area contributed by atoms with Crippen molar-refractivity contribution in [2.45, 2.75) is 6.61 Å². The summed E-state index contributed by atoms with van der Waals surface area (Å²) in [6, 6.07) is 15.4. The van der Waals surface area contributed by atoms with Crippen LogP contribution in [0.3, 0.4) is 0 Å². The molecule has 1 aliphatic rings. The van der Waals surface area contributed by atoms with Gasteiger partial charge in [-0.15, -0.1) is 0 Å². The molecule has 0 aromatic heterocycles. The van der Waals surface area contributed by atoms with Gasteiger partial charge in [-0.2, -0.15) is 0 Å². The lowest BCUT2D eigenvalue weighted by molar-refractivity contribution is -0.384. The molecule has 0 N–H and O–H groups in total. The molecule has 1 heterocycles. The third-order valence-corrected chi connectivity index (χ3v) is 6.17. The van der Waals surface area contributed by atoms with Crippen LogP contribution in [0.25, 0.3) is 6.08 Å². The zero-order chi connectivity index (χ0) is 23.5. The van der Waals surface area contributed by atoms with E-state index in [0.29, 0.717) is 11.3 Å². The van der Waals surface area contributed by atoms with Gasteiger partial charge in [0, 0.05) is 17.7 Å². The van der Waals surface area contributed by atoms with E-state index in [4.69, 9.17) is 9.47 Å². The van der Waals surface area contributed by atoms with Crippen molar-refractivity contribution in [2.24, 2.45) is 4.99 Å². The van der Waals surface area contributed by atoms with Crippen molar-refractivity contribution in [1.82, 2.24) is 0 Å². The molecule has 4 rings (SSSR count). The molecule has 10 heteroatoms. The maximum atomic E-state index is 13.1. The first-order valence-corrected chi connectivity index (χ1v) is 11.6. The van der Waals surface area contributed by atoms with E-state index in [0.717, 1.165) is 18.3 Å². The van der Waals surface area contributed by atoms with E-state index in [2.05, 4.69) is 50.2 Å². The summed E-state index contributed by atoms with van der Waals surface area (Å²) in [5.74, 6) is -0.183. The largest absolute Gasteiger partial charge is 0.487 e. The predicted molar refractivity (Wildman–Crippen MR) is 136 cm³/mol. The van der Waals surface area contributed by atoms with E-state index >= 15 is 0 Å². The Hall–Kier alpha value is -2.87. The molecule has 0 saturated heterocycles. The Kier molecular flexibility index (Phi) is 7.02. The minimum atomic E-state index is -0.585. The summed E-state index contributed by atoms with van der Waals surface area (Å²) < 4.78 is 25.9. The molecule has 166 valence electrons. The van der Waals surface area contributed by atoms with E-state index < -0.39 is 10.9 Å². The topological polar surface area (TPSA) is 91.0 Å². The predicted octanol–water partition coefficient (Wildman–Crippen LogP) is 5.87. The summed E-state index contributed by atoms with van der Waals surface area (Å²) in [6.07, 6.45) is 1.61. The van der Waals surface area contributed by atoms with Crippen molar-refractivity contribution in [3.63, 3.8) is 0 Å². The van der Waals surface area contributed by atoms with Crippen LogP contribution in [-0.2, 0) is 16.1 Å². The molecular formula is C23H13FI2N2O5. The smallest absolute Gasteiger partial charge is 0.363 e. The molecule has 0 spiro atoms. The van der Waals surface area contributed by atoms with Gasteiger partial charge in [0.1, 0.15) is 18.2 Å². The number of carbonyl (C=O) groups excluding carboxylic acids is 1. The van der Waals surface area contributed by atoms with Crippen LogP contribution in [0.15, 0.2) is 71.4 Å². The second kappa shape index (κ2) is 9.95. The molecule has 0 fully saturated rings. The lowest BCUT2D eigenvalue weighted by atomic mass is 10.2. The monoisotopic (exact) mass is 670 g/mol. The van der Waals surface area contributed by atoms with Gasteiger partial charge in [0.2, 0.25) is 5.90 Å². The van der Waals surface area contributed by atoms with Crippen molar-refractivity contribution < 1.29 is 23.6 Å².